The summed E-state index contributed by atoms with van der Waals surface area (Å²) in [6.45, 7) is 0. The molecule has 32 heavy (non-hydrogen) atoms. The van der Waals surface area contributed by atoms with Crippen molar-refractivity contribution in [2.45, 2.75) is 0 Å². The highest BCUT2D eigenvalue weighted by molar-refractivity contribution is 5.99. The van der Waals surface area contributed by atoms with Gasteiger partial charge in [-0.1, -0.05) is 0 Å². The number of hydrogen-bond donors (Lipinski definition) is 2. The van der Waals surface area contributed by atoms with Crippen LogP contribution in [-0.4, -0.2) is 40.2 Å². The first-order valence-electron chi connectivity index (χ1n) is 9.56. The summed E-state index contributed by atoms with van der Waals surface area (Å²) in [7, 11) is 3.08. The highest BCUT2D eigenvalue weighted by Crippen LogP contribution is 2.30. The lowest BCUT2D eigenvalue weighted by molar-refractivity contribution is 0.262. The maximum absolute atomic E-state index is 12.3. The second-order valence-corrected chi connectivity index (χ2v) is 6.46. The number of urea groups is 1. The zero-order valence-electron chi connectivity index (χ0n) is 17.4. The van der Waals surface area contributed by atoms with Crippen molar-refractivity contribution in [3.8, 4) is 28.9 Å². The number of nitrogens with one attached hydrogen (secondary N) is 2. The molecule has 4 aromatic rings. The van der Waals surface area contributed by atoms with Crippen molar-refractivity contribution in [1.29, 1.82) is 0 Å². The van der Waals surface area contributed by atoms with E-state index in [4.69, 9.17) is 14.2 Å². The fraction of sp³-hybridized carbons (Fsp3) is 0.0909. The van der Waals surface area contributed by atoms with Crippen LogP contribution < -0.4 is 24.8 Å². The second kappa shape index (κ2) is 9.47. The van der Waals surface area contributed by atoms with Crippen LogP contribution in [0, 0.1) is 0 Å². The molecule has 4 rings (SSSR count). The number of amides is 2. The van der Waals surface area contributed by atoms with Crippen molar-refractivity contribution >= 4 is 17.4 Å². The lowest BCUT2D eigenvalue weighted by atomic mass is 10.2. The van der Waals surface area contributed by atoms with Gasteiger partial charge in [-0.05, 0) is 48.5 Å². The number of carbonyl (C=O) groups excluding carboxylic acids is 1. The fourth-order valence-electron chi connectivity index (χ4n) is 2.83. The van der Waals surface area contributed by atoms with Crippen molar-refractivity contribution in [3.63, 3.8) is 0 Å². The molecule has 0 fully saturated rings. The van der Waals surface area contributed by atoms with Crippen molar-refractivity contribution in [2.75, 3.05) is 24.9 Å². The number of anilines is 2. The van der Waals surface area contributed by atoms with E-state index >= 15 is 0 Å². The molecule has 2 aromatic carbocycles. The molecule has 0 saturated carbocycles. The topological polar surface area (TPSA) is 112 Å². The molecule has 2 amide bonds. The average Bonchev–Trinajstić information content (AvgIpc) is 3.36. The minimum Gasteiger partial charge on any atom is -0.493 e. The first-order chi connectivity index (χ1) is 15.6. The van der Waals surface area contributed by atoms with Gasteiger partial charge < -0.3 is 24.8 Å². The van der Waals surface area contributed by atoms with Crippen LogP contribution in [0.4, 0.5) is 16.2 Å². The number of methoxy groups -OCH3 is 2. The van der Waals surface area contributed by atoms with E-state index in [0.29, 0.717) is 40.3 Å². The molecule has 0 atom stereocenters. The monoisotopic (exact) mass is 432 g/mol. The second-order valence-electron chi connectivity index (χ2n) is 6.46. The van der Waals surface area contributed by atoms with Gasteiger partial charge in [0.05, 0.1) is 14.2 Å². The summed E-state index contributed by atoms with van der Waals surface area (Å²) in [6.07, 6.45) is 3.44. The molecular weight excluding hydrogens is 412 g/mol. The van der Waals surface area contributed by atoms with E-state index in [1.165, 1.54) is 7.11 Å². The van der Waals surface area contributed by atoms with Gasteiger partial charge in [0.2, 0.25) is 5.88 Å². The number of carbonyl (C=O) groups is 1. The van der Waals surface area contributed by atoms with Crippen LogP contribution >= 0.6 is 0 Å². The Balaban J connectivity index is 1.34. The SMILES string of the molecule is COc1ccc(NC(=O)Nc2ccc(Oc3ccc(-n4cccn4)nn3)cc2)cc1OC. The summed E-state index contributed by atoms with van der Waals surface area (Å²) in [4.78, 5) is 12.3. The van der Waals surface area contributed by atoms with Crippen LogP contribution in [-0.2, 0) is 0 Å². The molecule has 0 aliphatic rings. The minimum absolute atomic E-state index is 0.341. The van der Waals surface area contributed by atoms with Gasteiger partial charge >= 0.3 is 6.03 Å². The molecule has 0 saturated heterocycles. The third-order valence-corrected chi connectivity index (χ3v) is 4.34. The standard InChI is InChI=1S/C22H20N6O4/c1-30-18-9-6-16(14-19(18)31-2)25-22(29)24-15-4-7-17(8-5-15)32-21-11-10-20(26-27-21)28-13-3-12-23-28/h3-14H,1-2H3,(H2,24,25,29). The van der Waals surface area contributed by atoms with Gasteiger partial charge in [-0.15, -0.1) is 10.2 Å². The maximum Gasteiger partial charge on any atom is 0.323 e. The number of hydrogen-bond acceptors (Lipinski definition) is 7. The highest BCUT2D eigenvalue weighted by atomic mass is 16.5. The summed E-state index contributed by atoms with van der Waals surface area (Å²) in [6, 6.07) is 16.8. The molecule has 0 spiro atoms. The summed E-state index contributed by atoms with van der Waals surface area (Å²) in [5.74, 6) is 2.58. The van der Waals surface area contributed by atoms with E-state index in [0.717, 1.165) is 0 Å². The lowest BCUT2D eigenvalue weighted by Crippen LogP contribution is -2.19. The molecule has 10 heteroatoms. The van der Waals surface area contributed by atoms with Crippen molar-refractivity contribution in [2.24, 2.45) is 0 Å². The third kappa shape index (κ3) is 4.93. The Kier molecular flexibility index (Phi) is 6.12. The summed E-state index contributed by atoms with van der Waals surface area (Å²) >= 11 is 0. The van der Waals surface area contributed by atoms with Crippen LogP contribution in [0.5, 0.6) is 23.1 Å². The van der Waals surface area contributed by atoms with Crippen LogP contribution in [0.15, 0.2) is 73.1 Å². The van der Waals surface area contributed by atoms with Crippen molar-refractivity contribution in [1.82, 2.24) is 20.0 Å². The molecule has 10 nitrogen and oxygen atoms in total. The van der Waals surface area contributed by atoms with Gasteiger partial charge in [-0.3, -0.25) is 0 Å². The zero-order valence-corrected chi connectivity index (χ0v) is 17.4. The summed E-state index contributed by atoms with van der Waals surface area (Å²) in [5, 5.41) is 17.7. The Labute approximate surface area is 183 Å². The molecule has 2 aromatic heterocycles. The maximum atomic E-state index is 12.3. The van der Waals surface area contributed by atoms with Crippen molar-refractivity contribution in [3.05, 3.63) is 73.1 Å². The number of benzene rings is 2. The lowest BCUT2D eigenvalue weighted by Gasteiger charge is -2.11. The van der Waals surface area contributed by atoms with E-state index in [-0.39, 0.29) is 0 Å². The first-order valence-corrected chi connectivity index (χ1v) is 9.56. The van der Waals surface area contributed by atoms with E-state index < -0.39 is 6.03 Å². The summed E-state index contributed by atoms with van der Waals surface area (Å²) < 4.78 is 17.7. The molecule has 0 radical (unpaired) electrons. The van der Waals surface area contributed by atoms with Gasteiger partial charge in [0.1, 0.15) is 5.75 Å². The van der Waals surface area contributed by atoms with E-state index in [1.54, 1.807) is 84.8 Å². The van der Waals surface area contributed by atoms with Crippen LogP contribution in [0.3, 0.4) is 0 Å². The highest BCUT2D eigenvalue weighted by Gasteiger charge is 2.08. The summed E-state index contributed by atoms with van der Waals surface area (Å²) in [5.41, 5.74) is 1.16. The average molecular weight is 432 g/mol. The number of aromatic nitrogens is 4. The predicted octanol–water partition coefficient (Wildman–Crippen LogP) is 4.12. The van der Waals surface area contributed by atoms with Gasteiger partial charge in [0, 0.05) is 35.9 Å². The molecule has 162 valence electrons. The van der Waals surface area contributed by atoms with E-state index in [1.807, 2.05) is 0 Å². The Hall–Kier alpha value is -4.60. The Morgan fingerprint density at radius 2 is 1.62 bits per heavy atom. The molecular formula is C22H20N6O4. The van der Waals surface area contributed by atoms with Crippen LogP contribution in [0.25, 0.3) is 5.82 Å². The fourth-order valence-corrected chi connectivity index (χ4v) is 2.83. The molecule has 2 heterocycles. The van der Waals surface area contributed by atoms with E-state index in [2.05, 4.69) is 25.9 Å². The zero-order chi connectivity index (χ0) is 22.3. The quantitative estimate of drug-likeness (QED) is 0.452. The number of rotatable bonds is 7. The van der Waals surface area contributed by atoms with Gasteiger partial charge in [0.15, 0.2) is 17.3 Å². The predicted molar refractivity (Wildman–Crippen MR) is 118 cm³/mol. The van der Waals surface area contributed by atoms with Gasteiger partial charge in [-0.25, -0.2) is 9.48 Å². The van der Waals surface area contributed by atoms with Gasteiger partial charge in [-0.2, -0.15) is 5.10 Å². The van der Waals surface area contributed by atoms with E-state index in [9.17, 15) is 4.79 Å². The van der Waals surface area contributed by atoms with Crippen LogP contribution in [0.2, 0.25) is 0 Å². The van der Waals surface area contributed by atoms with Crippen LogP contribution in [0.1, 0.15) is 0 Å². The Bertz CT molecular complexity index is 1180. The molecule has 0 aliphatic heterocycles. The Morgan fingerprint density at radius 3 is 2.28 bits per heavy atom. The number of nitrogens with zero attached hydrogens (tertiary/aromatic N) is 4. The normalized spacial score (nSPS) is 10.3. The van der Waals surface area contributed by atoms with Crippen molar-refractivity contribution < 1.29 is 19.0 Å². The Morgan fingerprint density at radius 1 is 0.875 bits per heavy atom. The molecule has 0 aliphatic carbocycles. The molecule has 2 N–H and O–H groups in total. The smallest absolute Gasteiger partial charge is 0.323 e. The molecule has 0 bridgehead atoms. The van der Waals surface area contributed by atoms with Gasteiger partial charge in [0.25, 0.3) is 0 Å². The molecule has 0 unspecified atom stereocenters. The number of ether oxygens (including phenoxy) is 3. The minimum atomic E-state index is -0.397. The third-order valence-electron chi connectivity index (χ3n) is 4.34. The first kappa shape index (κ1) is 20.7. The largest absolute Gasteiger partial charge is 0.493 e.